The number of halogens is 3. The van der Waals surface area contributed by atoms with Crippen LogP contribution in [0.2, 0.25) is 0 Å². The first-order chi connectivity index (χ1) is 13.4. The number of nitrogens with zero attached hydrogens (tertiary/aromatic N) is 1. The predicted molar refractivity (Wildman–Crippen MR) is 98.1 cm³/mol. The normalized spacial score (nSPS) is 14.8. The molecule has 0 aromatic heterocycles. The Bertz CT molecular complexity index is 847. The largest absolute Gasteiger partial charge is 0.356 e. The van der Waals surface area contributed by atoms with Gasteiger partial charge in [0.05, 0.1) is 5.56 Å². The van der Waals surface area contributed by atoms with Crippen molar-refractivity contribution in [2.45, 2.75) is 19.3 Å². The molecular weight excluding hydrogens is 369 g/mol. The van der Waals surface area contributed by atoms with Crippen LogP contribution in [0.3, 0.4) is 0 Å². The zero-order valence-electron chi connectivity index (χ0n) is 15.3. The van der Waals surface area contributed by atoms with E-state index in [1.807, 2.05) is 0 Å². The smallest absolute Gasteiger partial charge is 0.256 e. The highest BCUT2D eigenvalue weighted by atomic mass is 19.1. The molecule has 0 radical (unpaired) electrons. The van der Waals surface area contributed by atoms with Gasteiger partial charge in [0.25, 0.3) is 5.91 Å². The Morgan fingerprint density at radius 2 is 1.61 bits per heavy atom. The molecule has 2 aromatic rings. The summed E-state index contributed by atoms with van der Waals surface area (Å²) in [5.74, 6) is -2.70. The second-order valence-corrected chi connectivity index (χ2v) is 6.86. The van der Waals surface area contributed by atoms with Gasteiger partial charge in [-0.1, -0.05) is 12.1 Å². The van der Waals surface area contributed by atoms with Crippen LogP contribution in [0.15, 0.2) is 42.5 Å². The van der Waals surface area contributed by atoms with Gasteiger partial charge in [-0.05, 0) is 49.1 Å². The van der Waals surface area contributed by atoms with Crippen molar-refractivity contribution in [1.82, 2.24) is 10.2 Å². The molecule has 0 unspecified atom stereocenters. The lowest BCUT2D eigenvalue weighted by Crippen LogP contribution is -2.43. The molecule has 2 aromatic carbocycles. The average molecular weight is 390 g/mol. The number of likely N-dealkylation sites (tertiary alicyclic amines) is 1. The van der Waals surface area contributed by atoms with Crippen LogP contribution >= 0.6 is 0 Å². The number of amides is 2. The van der Waals surface area contributed by atoms with Crippen molar-refractivity contribution >= 4 is 11.8 Å². The number of hydrogen-bond acceptors (Lipinski definition) is 2. The molecule has 4 nitrogen and oxygen atoms in total. The van der Waals surface area contributed by atoms with Crippen molar-refractivity contribution < 1.29 is 22.8 Å². The Labute approximate surface area is 161 Å². The molecule has 1 saturated heterocycles. The molecule has 0 saturated carbocycles. The van der Waals surface area contributed by atoms with Gasteiger partial charge < -0.3 is 10.2 Å². The molecule has 0 aliphatic carbocycles. The molecule has 0 atom stereocenters. The summed E-state index contributed by atoms with van der Waals surface area (Å²) in [7, 11) is 0. The van der Waals surface area contributed by atoms with E-state index in [0.717, 1.165) is 17.7 Å². The maximum absolute atomic E-state index is 13.8. The number of nitrogens with one attached hydrogen (secondary N) is 1. The van der Waals surface area contributed by atoms with E-state index in [9.17, 15) is 22.8 Å². The maximum Gasteiger partial charge on any atom is 0.256 e. The molecule has 0 spiro atoms. The summed E-state index contributed by atoms with van der Waals surface area (Å²) in [6.45, 7) is 1.13. The lowest BCUT2D eigenvalue weighted by Gasteiger charge is -2.31. The second-order valence-electron chi connectivity index (χ2n) is 6.86. The highest BCUT2D eigenvalue weighted by Gasteiger charge is 2.28. The van der Waals surface area contributed by atoms with Gasteiger partial charge in [-0.2, -0.15) is 0 Å². The first-order valence-corrected chi connectivity index (χ1v) is 9.20. The minimum atomic E-state index is -0.884. The molecule has 1 aliphatic heterocycles. The van der Waals surface area contributed by atoms with Crippen LogP contribution in [-0.2, 0) is 11.2 Å². The van der Waals surface area contributed by atoms with Gasteiger partial charge in [0.1, 0.15) is 17.5 Å². The third kappa shape index (κ3) is 4.91. The van der Waals surface area contributed by atoms with Gasteiger partial charge in [0.15, 0.2) is 0 Å². The number of carbonyl (C=O) groups excluding carboxylic acids is 2. The molecule has 3 rings (SSSR count). The molecule has 1 N–H and O–H groups in total. The molecule has 28 heavy (non-hydrogen) atoms. The predicted octanol–water partition coefficient (Wildman–Crippen LogP) is 3.32. The minimum Gasteiger partial charge on any atom is -0.356 e. The van der Waals surface area contributed by atoms with E-state index >= 15 is 0 Å². The van der Waals surface area contributed by atoms with Gasteiger partial charge in [0.2, 0.25) is 5.91 Å². The Morgan fingerprint density at radius 3 is 2.25 bits per heavy atom. The molecule has 1 aliphatic rings. The zero-order chi connectivity index (χ0) is 20.1. The zero-order valence-corrected chi connectivity index (χ0v) is 15.3. The summed E-state index contributed by atoms with van der Waals surface area (Å²) in [6.07, 6.45) is 1.57. The maximum atomic E-state index is 13.8. The summed E-state index contributed by atoms with van der Waals surface area (Å²) >= 11 is 0. The molecule has 1 fully saturated rings. The monoisotopic (exact) mass is 390 g/mol. The van der Waals surface area contributed by atoms with Crippen LogP contribution in [-0.4, -0.2) is 36.3 Å². The van der Waals surface area contributed by atoms with Crippen LogP contribution in [0.5, 0.6) is 0 Å². The molecule has 0 bridgehead atoms. The fourth-order valence-corrected chi connectivity index (χ4v) is 3.30. The number of piperidine rings is 1. The van der Waals surface area contributed by atoms with Crippen LogP contribution in [0.4, 0.5) is 13.2 Å². The topological polar surface area (TPSA) is 49.4 Å². The van der Waals surface area contributed by atoms with Crippen molar-refractivity contribution in [2.24, 2.45) is 5.92 Å². The fourth-order valence-electron chi connectivity index (χ4n) is 3.30. The first kappa shape index (κ1) is 19.9. The third-order valence-electron chi connectivity index (χ3n) is 4.94. The molecule has 7 heteroatoms. The van der Waals surface area contributed by atoms with Gasteiger partial charge in [-0.25, -0.2) is 13.2 Å². The van der Waals surface area contributed by atoms with Gasteiger partial charge in [0, 0.05) is 31.6 Å². The second kappa shape index (κ2) is 8.91. The van der Waals surface area contributed by atoms with Crippen LogP contribution in [0.1, 0.15) is 28.8 Å². The van der Waals surface area contributed by atoms with E-state index < -0.39 is 17.5 Å². The third-order valence-corrected chi connectivity index (χ3v) is 4.94. The lowest BCUT2D eigenvalue weighted by molar-refractivity contribution is -0.126. The summed E-state index contributed by atoms with van der Waals surface area (Å²) in [4.78, 5) is 26.2. The number of hydrogen-bond donors (Lipinski definition) is 1. The van der Waals surface area contributed by atoms with E-state index in [0.29, 0.717) is 45.0 Å². The van der Waals surface area contributed by atoms with Crippen molar-refractivity contribution in [1.29, 1.82) is 0 Å². The summed E-state index contributed by atoms with van der Waals surface area (Å²) < 4.78 is 39.7. The molecular formula is C21H21F3N2O2. The molecule has 1 heterocycles. The summed E-state index contributed by atoms with van der Waals surface area (Å²) in [5, 5.41) is 2.87. The quantitative estimate of drug-likeness (QED) is 0.852. The Kier molecular flexibility index (Phi) is 6.34. The Hall–Kier alpha value is -2.83. The Morgan fingerprint density at radius 1 is 0.964 bits per heavy atom. The number of carbonyl (C=O) groups is 2. The standard InChI is InChI=1S/C21H21F3N2O2/c22-16-3-1-14(2-4-16)7-10-25-20(27)15-8-11-26(12-9-15)21(28)18-6-5-17(23)13-19(18)24/h1-6,13,15H,7-12H2,(H,25,27). The SMILES string of the molecule is O=C(NCCc1ccc(F)cc1)C1CCN(C(=O)c2ccc(F)cc2F)CC1. The van der Waals surface area contributed by atoms with E-state index in [1.165, 1.54) is 17.0 Å². The highest BCUT2D eigenvalue weighted by molar-refractivity contribution is 5.94. The molecule has 148 valence electrons. The van der Waals surface area contributed by atoms with Crippen LogP contribution < -0.4 is 5.32 Å². The fraction of sp³-hybridized carbons (Fsp3) is 0.333. The molecule has 2 amide bonds. The lowest BCUT2D eigenvalue weighted by atomic mass is 9.95. The van der Waals surface area contributed by atoms with Crippen molar-refractivity contribution in [3.05, 3.63) is 71.0 Å². The van der Waals surface area contributed by atoms with Crippen LogP contribution in [0, 0.1) is 23.4 Å². The van der Waals surface area contributed by atoms with Crippen molar-refractivity contribution in [3.63, 3.8) is 0 Å². The minimum absolute atomic E-state index is 0.0813. The van der Waals surface area contributed by atoms with Gasteiger partial charge in [-0.3, -0.25) is 9.59 Å². The first-order valence-electron chi connectivity index (χ1n) is 9.20. The van der Waals surface area contributed by atoms with E-state index in [2.05, 4.69) is 5.32 Å². The average Bonchev–Trinajstić information content (AvgIpc) is 2.69. The number of rotatable bonds is 5. The number of benzene rings is 2. The summed E-state index contributed by atoms with van der Waals surface area (Å²) in [6, 6.07) is 9.01. The highest BCUT2D eigenvalue weighted by Crippen LogP contribution is 2.20. The van der Waals surface area contributed by atoms with E-state index in [1.54, 1.807) is 12.1 Å². The van der Waals surface area contributed by atoms with E-state index in [4.69, 9.17) is 0 Å². The van der Waals surface area contributed by atoms with E-state index in [-0.39, 0.29) is 23.2 Å². The summed E-state index contributed by atoms with van der Waals surface area (Å²) in [5.41, 5.74) is 0.770. The van der Waals surface area contributed by atoms with Crippen molar-refractivity contribution in [3.8, 4) is 0 Å². The van der Waals surface area contributed by atoms with Gasteiger partial charge in [-0.15, -0.1) is 0 Å². The van der Waals surface area contributed by atoms with Gasteiger partial charge >= 0.3 is 0 Å². The van der Waals surface area contributed by atoms with Crippen LogP contribution in [0.25, 0.3) is 0 Å². The van der Waals surface area contributed by atoms with Crippen molar-refractivity contribution in [2.75, 3.05) is 19.6 Å². The Balaban J connectivity index is 1.45.